The number of nitrogens with zero attached hydrogens (tertiary/aromatic N) is 5. The van der Waals surface area contributed by atoms with Crippen LogP contribution in [0.1, 0.15) is 11.1 Å². The number of fused-ring (bicyclic) bond motifs is 3. The monoisotopic (exact) mass is 449 g/mol. The van der Waals surface area contributed by atoms with Gasteiger partial charge in [-0.15, -0.1) is 0 Å². The van der Waals surface area contributed by atoms with Gasteiger partial charge in [-0.3, -0.25) is 24.4 Å². The number of rotatable bonds is 6. The molecule has 0 atom stereocenters. The first-order chi connectivity index (χ1) is 16.0. The van der Waals surface area contributed by atoms with E-state index in [9.17, 15) is 20.0 Å². The standard InChI is InChI=1S/C23H23N5O5/c29-21-18(15-16-5-7-17(8-6-16)28(31)32)22(30)27-20-4-2-1-3-19(20)24-23(27)26(21)10-9-25-11-13-33-14-12-25/h1-8,29H,9-15H2. The molecule has 5 rings (SSSR count). The highest BCUT2D eigenvalue weighted by atomic mass is 16.6. The Morgan fingerprint density at radius 3 is 2.52 bits per heavy atom. The highest BCUT2D eigenvalue weighted by Crippen LogP contribution is 2.24. The maximum atomic E-state index is 13.5. The molecule has 10 nitrogen and oxygen atoms in total. The van der Waals surface area contributed by atoms with Gasteiger partial charge in [-0.25, -0.2) is 9.38 Å². The van der Waals surface area contributed by atoms with Crippen molar-refractivity contribution in [1.82, 2.24) is 18.9 Å². The molecule has 170 valence electrons. The minimum Gasteiger partial charge on any atom is -0.494 e. The number of ether oxygens (including phenoxy) is 1. The fourth-order valence-electron chi connectivity index (χ4n) is 4.25. The second-order valence-corrected chi connectivity index (χ2v) is 8.05. The average molecular weight is 449 g/mol. The molecule has 0 unspecified atom stereocenters. The SMILES string of the molecule is O=c1c(Cc2ccc([N+](=O)[O-])cc2)c(O)n(CCN2CCOCC2)c2nc3ccccc3n12. The van der Waals surface area contributed by atoms with Gasteiger partial charge in [-0.05, 0) is 17.7 Å². The molecule has 0 amide bonds. The maximum Gasteiger partial charge on any atom is 0.269 e. The largest absolute Gasteiger partial charge is 0.494 e. The maximum absolute atomic E-state index is 13.5. The lowest BCUT2D eigenvalue weighted by Crippen LogP contribution is -2.38. The van der Waals surface area contributed by atoms with Crippen molar-refractivity contribution in [3.63, 3.8) is 0 Å². The zero-order chi connectivity index (χ0) is 22.9. The van der Waals surface area contributed by atoms with E-state index in [0.717, 1.165) is 13.1 Å². The van der Waals surface area contributed by atoms with Gasteiger partial charge in [-0.2, -0.15) is 0 Å². The molecular weight excluding hydrogens is 426 g/mol. The summed E-state index contributed by atoms with van der Waals surface area (Å²) >= 11 is 0. The summed E-state index contributed by atoms with van der Waals surface area (Å²) in [6, 6.07) is 13.4. The fraction of sp³-hybridized carbons (Fsp3) is 0.304. The van der Waals surface area contributed by atoms with Crippen LogP contribution in [-0.4, -0.2) is 61.7 Å². The van der Waals surface area contributed by atoms with Crippen LogP contribution in [0.25, 0.3) is 16.8 Å². The van der Waals surface area contributed by atoms with Crippen LogP contribution in [-0.2, 0) is 17.7 Å². The Morgan fingerprint density at radius 1 is 1.06 bits per heavy atom. The number of nitro groups is 1. The molecule has 10 heteroatoms. The van der Waals surface area contributed by atoms with Crippen molar-refractivity contribution in [3.05, 3.63) is 80.1 Å². The summed E-state index contributed by atoms with van der Waals surface area (Å²) in [5, 5.41) is 22.1. The number of non-ortho nitro benzene ring substituents is 1. The average Bonchev–Trinajstić information content (AvgIpc) is 3.22. The molecule has 0 bridgehead atoms. The lowest BCUT2D eigenvalue weighted by atomic mass is 10.1. The topological polar surface area (TPSA) is 115 Å². The molecule has 0 saturated carbocycles. The van der Waals surface area contributed by atoms with Crippen molar-refractivity contribution >= 4 is 22.5 Å². The van der Waals surface area contributed by atoms with Crippen molar-refractivity contribution in [2.24, 2.45) is 0 Å². The third-order valence-electron chi connectivity index (χ3n) is 6.04. The second kappa shape index (κ2) is 8.64. The molecule has 0 aliphatic carbocycles. The van der Waals surface area contributed by atoms with E-state index >= 15 is 0 Å². The van der Waals surface area contributed by atoms with Gasteiger partial charge in [0.15, 0.2) is 0 Å². The number of imidazole rings is 1. The van der Waals surface area contributed by atoms with Gasteiger partial charge in [0.1, 0.15) is 0 Å². The van der Waals surface area contributed by atoms with Crippen molar-refractivity contribution in [2.45, 2.75) is 13.0 Å². The zero-order valence-electron chi connectivity index (χ0n) is 17.9. The summed E-state index contributed by atoms with van der Waals surface area (Å²) in [6.07, 6.45) is 0.142. The summed E-state index contributed by atoms with van der Waals surface area (Å²) < 4.78 is 8.63. The van der Waals surface area contributed by atoms with Crippen molar-refractivity contribution in [3.8, 4) is 5.88 Å². The molecule has 2 aromatic carbocycles. The molecule has 33 heavy (non-hydrogen) atoms. The van der Waals surface area contributed by atoms with E-state index < -0.39 is 4.92 Å². The number of nitro benzene ring substituents is 1. The quantitative estimate of drug-likeness (QED) is 0.354. The number of morpholine rings is 1. The molecular formula is C23H23N5O5. The van der Waals surface area contributed by atoms with Crippen LogP contribution in [0.15, 0.2) is 53.3 Å². The summed E-state index contributed by atoms with van der Waals surface area (Å²) in [5.41, 5.74) is 1.88. The Labute approximate surface area is 188 Å². The lowest BCUT2D eigenvalue weighted by Gasteiger charge is -2.27. The van der Waals surface area contributed by atoms with Gasteiger partial charge in [0.25, 0.3) is 11.2 Å². The van der Waals surface area contributed by atoms with Crippen molar-refractivity contribution in [2.75, 3.05) is 32.8 Å². The van der Waals surface area contributed by atoms with E-state index in [1.807, 2.05) is 24.3 Å². The van der Waals surface area contributed by atoms with Gasteiger partial charge < -0.3 is 9.84 Å². The summed E-state index contributed by atoms with van der Waals surface area (Å²) in [5.74, 6) is 0.258. The number of aromatic hydroxyl groups is 1. The van der Waals surface area contributed by atoms with Crippen LogP contribution < -0.4 is 5.56 Å². The molecule has 3 heterocycles. The van der Waals surface area contributed by atoms with Gasteiger partial charge >= 0.3 is 0 Å². The molecule has 0 spiro atoms. The number of aromatic nitrogens is 3. The number of hydrogen-bond donors (Lipinski definition) is 1. The summed E-state index contributed by atoms with van der Waals surface area (Å²) in [4.78, 5) is 30.8. The Balaban J connectivity index is 1.60. The van der Waals surface area contributed by atoms with E-state index in [-0.39, 0.29) is 29.1 Å². The predicted molar refractivity (Wildman–Crippen MR) is 122 cm³/mol. The first-order valence-corrected chi connectivity index (χ1v) is 10.8. The van der Waals surface area contributed by atoms with Gasteiger partial charge in [0, 0.05) is 44.7 Å². The minimum atomic E-state index is -0.469. The molecule has 1 fully saturated rings. The Kier molecular flexibility index (Phi) is 5.53. The second-order valence-electron chi connectivity index (χ2n) is 8.05. The Bertz CT molecular complexity index is 1390. The third kappa shape index (κ3) is 3.94. The first-order valence-electron chi connectivity index (χ1n) is 10.8. The van der Waals surface area contributed by atoms with Crippen LogP contribution in [0.2, 0.25) is 0 Å². The zero-order valence-corrected chi connectivity index (χ0v) is 17.9. The molecule has 1 N–H and O–H groups in total. The fourth-order valence-corrected chi connectivity index (χ4v) is 4.25. The van der Waals surface area contributed by atoms with Crippen LogP contribution in [0.3, 0.4) is 0 Å². The van der Waals surface area contributed by atoms with Crippen LogP contribution >= 0.6 is 0 Å². The lowest BCUT2D eigenvalue weighted by molar-refractivity contribution is -0.384. The third-order valence-corrected chi connectivity index (χ3v) is 6.04. The smallest absolute Gasteiger partial charge is 0.269 e. The van der Waals surface area contributed by atoms with Gasteiger partial charge in [0.2, 0.25) is 11.7 Å². The Hall–Kier alpha value is -3.76. The molecule has 0 radical (unpaired) electrons. The predicted octanol–water partition coefficient (Wildman–Crippen LogP) is 2.19. The number of benzene rings is 2. The molecule has 1 aliphatic rings. The van der Waals surface area contributed by atoms with Gasteiger partial charge in [-0.1, -0.05) is 24.3 Å². The van der Waals surface area contributed by atoms with E-state index in [1.54, 1.807) is 16.7 Å². The van der Waals surface area contributed by atoms with E-state index in [0.29, 0.717) is 48.7 Å². The van der Waals surface area contributed by atoms with E-state index in [4.69, 9.17) is 4.74 Å². The van der Waals surface area contributed by atoms with Crippen molar-refractivity contribution < 1.29 is 14.8 Å². The molecule has 4 aromatic rings. The van der Waals surface area contributed by atoms with E-state index in [2.05, 4.69) is 9.88 Å². The van der Waals surface area contributed by atoms with Crippen LogP contribution in [0.4, 0.5) is 5.69 Å². The summed E-state index contributed by atoms with van der Waals surface area (Å²) in [6.45, 7) is 4.09. The molecule has 1 saturated heterocycles. The highest BCUT2D eigenvalue weighted by molar-refractivity contribution is 5.79. The Morgan fingerprint density at radius 2 is 1.79 bits per heavy atom. The van der Waals surface area contributed by atoms with Crippen LogP contribution in [0.5, 0.6) is 5.88 Å². The normalized spacial score (nSPS) is 14.8. The van der Waals surface area contributed by atoms with E-state index in [1.165, 1.54) is 16.5 Å². The molecule has 2 aromatic heterocycles. The van der Waals surface area contributed by atoms with Crippen molar-refractivity contribution in [1.29, 1.82) is 0 Å². The molecule has 1 aliphatic heterocycles. The number of para-hydroxylation sites is 2. The minimum absolute atomic E-state index is 0.0260. The first kappa shape index (κ1) is 21.1. The highest BCUT2D eigenvalue weighted by Gasteiger charge is 2.21. The van der Waals surface area contributed by atoms with Crippen LogP contribution in [0, 0.1) is 10.1 Å². The summed E-state index contributed by atoms with van der Waals surface area (Å²) in [7, 11) is 0. The van der Waals surface area contributed by atoms with Gasteiger partial charge in [0.05, 0.1) is 34.7 Å². The number of hydrogen-bond acceptors (Lipinski definition) is 7.